The third-order valence-electron chi connectivity index (χ3n) is 11.0. The Morgan fingerprint density at radius 1 is 0.692 bits per heavy atom. The number of amides is 8. The van der Waals surface area contributed by atoms with Gasteiger partial charge < -0.3 is 57.0 Å². The van der Waals surface area contributed by atoms with E-state index in [1.54, 1.807) is 30.3 Å². The minimum atomic E-state index is -1.80. The summed E-state index contributed by atoms with van der Waals surface area (Å²) >= 11 is 0. The van der Waals surface area contributed by atoms with Gasteiger partial charge in [0.05, 0.1) is 6.10 Å². The van der Waals surface area contributed by atoms with E-state index in [4.69, 9.17) is 0 Å². The molecule has 1 aromatic carbocycles. The van der Waals surface area contributed by atoms with Gasteiger partial charge in [0.1, 0.15) is 42.3 Å². The van der Waals surface area contributed by atoms with E-state index in [1.165, 1.54) is 22.8 Å². The van der Waals surface area contributed by atoms with Crippen molar-refractivity contribution in [2.75, 3.05) is 19.6 Å². The van der Waals surface area contributed by atoms with Crippen LogP contribution in [-0.4, -0.2) is 152 Å². The van der Waals surface area contributed by atoms with Gasteiger partial charge in [-0.15, -0.1) is 6.58 Å². The second-order valence-electron chi connectivity index (χ2n) is 16.8. The van der Waals surface area contributed by atoms with Crippen molar-refractivity contribution in [2.24, 2.45) is 5.92 Å². The lowest BCUT2D eigenvalue weighted by Gasteiger charge is -2.32. The fraction of sp³-hybridized carbons (Fsp3) is 0.591. The molecule has 2 saturated heterocycles. The topological polar surface area (TPSA) is 310 Å². The highest BCUT2D eigenvalue weighted by atomic mass is 16.4. The molecule has 1 aromatic rings. The van der Waals surface area contributed by atoms with E-state index in [-0.39, 0.29) is 44.8 Å². The molecule has 0 spiro atoms. The number of nitrogens with zero attached hydrogens (tertiary/aromatic N) is 2. The van der Waals surface area contributed by atoms with Gasteiger partial charge in [-0.1, -0.05) is 50.3 Å². The van der Waals surface area contributed by atoms with Gasteiger partial charge in [0, 0.05) is 45.8 Å². The van der Waals surface area contributed by atoms with Crippen LogP contribution in [0.2, 0.25) is 0 Å². The number of hydrogen-bond donors (Lipinski definition) is 9. The molecule has 2 fully saturated rings. The molecule has 21 nitrogen and oxygen atoms in total. The standard InChI is InChI=1S/C44H64N8O13/c1-6-20-45-40(61)33-14-10-21-51(33)43(64)30(17-19-36(57)58)48-42(63)37(26(4)53)50-38(59)29(16-18-35(55)56)47-41(62)34-15-11-22-52(34)44(65)32(23-25(2)3)49-39(60)31(46-27(5)54)24-28-12-8-7-9-13-28/h6-9,12-13,25-26,29-34,37,53H,1,10-11,14-24H2,2-5H3,(H,45,61)(H,46,54)(H,47,62)(H,48,63)(H,49,60)(H,50,59)(H,55,56)(H,57,58). The number of carbonyl (C=O) groups excluding carboxylic acids is 8. The molecular weight excluding hydrogens is 849 g/mol. The number of aliphatic hydroxyl groups excluding tert-OH is 1. The van der Waals surface area contributed by atoms with E-state index in [9.17, 15) is 63.3 Å². The van der Waals surface area contributed by atoms with Crippen molar-refractivity contribution >= 4 is 59.2 Å². The molecular formula is C44H64N8O13. The number of hydrogen-bond acceptors (Lipinski definition) is 11. The summed E-state index contributed by atoms with van der Waals surface area (Å²) in [4.78, 5) is 134. The molecule has 0 saturated carbocycles. The van der Waals surface area contributed by atoms with E-state index in [0.717, 1.165) is 12.5 Å². The Hall–Kier alpha value is -6.38. The van der Waals surface area contributed by atoms with Crippen LogP contribution in [0.1, 0.15) is 91.0 Å². The zero-order valence-corrected chi connectivity index (χ0v) is 37.4. The minimum Gasteiger partial charge on any atom is -0.481 e. The van der Waals surface area contributed by atoms with Crippen LogP contribution in [0.25, 0.3) is 0 Å². The molecule has 3 rings (SSSR count). The van der Waals surface area contributed by atoms with Crippen molar-refractivity contribution in [3.63, 3.8) is 0 Å². The maximum Gasteiger partial charge on any atom is 0.303 e. The maximum atomic E-state index is 14.2. The van der Waals surface area contributed by atoms with Crippen LogP contribution in [0, 0.1) is 5.92 Å². The lowest BCUT2D eigenvalue weighted by molar-refractivity contribution is -0.144. The van der Waals surface area contributed by atoms with Gasteiger partial charge in [0.2, 0.25) is 47.3 Å². The van der Waals surface area contributed by atoms with Crippen LogP contribution in [0.4, 0.5) is 0 Å². The Morgan fingerprint density at radius 2 is 1.22 bits per heavy atom. The SMILES string of the molecule is C=CCNC(=O)C1CCCN1C(=O)C(CCC(=O)O)NC(=O)C(NC(=O)C(CCC(=O)O)NC(=O)C1CCCN1C(=O)C(CC(C)C)NC(=O)C(Cc1ccccc1)NC(C)=O)C(C)O. The molecule has 0 bridgehead atoms. The zero-order valence-electron chi connectivity index (χ0n) is 37.4. The Bertz CT molecular complexity index is 1890. The van der Waals surface area contributed by atoms with Gasteiger partial charge in [-0.05, 0) is 63.4 Å². The van der Waals surface area contributed by atoms with Crippen LogP contribution in [0.5, 0.6) is 0 Å². The van der Waals surface area contributed by atoms with Gasteiger partial charge in [-0.3, -0.25) is 47.9 Å². The summed E-state index contributed by atoms with van der Waals surface area (Å²) in [6.45, 7) is 10.0. The van der Waals surface area contributed by atoms with Crippen molar-refractivity contribution in [3.05, 3.63) is 48.6 Å². The molecule has 8 amide bonds. The predicted molar refractivity (Wildman–Crippen MR) is 233 cm³/mol. The number of carboxylic acid groups (broad SMARTS) is 2. The molecule has 8 atom stereocenters. The van der Waals surface area contributed by atoms with Crippen molar-refractivity contribution in [2.45, 2.75) is 140 Å². The molecule has 0 aromatic heterocycles. The summed E-state index contributed by atoms with van der Waals surface area (Å²) in [5, 5.41) is 44.8. The third kappa shape index (κ3) is 16.6. The van der Waals surface area contributed by atoms with E-state index in [0.29, 0.717) is 19.3 Å². The summed E-state index contributed by atoms with van der Waals surface area (Å²) < 4.78 is 0. The highest BCUT2D eigenvalue weighted by Crippen LogP contribution is 2.22. The number of aliphatic hydroxyl groups is 1. The fourth-order valence-electron chi connectivity index (χ4n) is 7.82. The van der Waals surface area contributed by atoms with Gasteiger partial charge in [-0.25, -0.2) is 0 Å². The zero-order chi connectivity index (χ0) is 48.4. The minimum absolute atomic E-state index is 0.104. The van der Waals surface area contributed by atoms with Gasteiger partial charge >= 0.3 is 11.9 Å². The first-order valence-corrected chi connectivity index (χ1v) is 21.9. The average molecular weight is 913 g/mol. The van der Waals surface area contributed by atoms with Gasteiger partial charge in [-0.2, -0.15) is 0 Å². The Kier molecular flexibility index (Phi) is 21.0. The van der Waals surface area contributed by atoms with Gasteiger partial charge in [0.25, 0.3) is 0 Å². The van der Waals surface area contributed by atoms with Crippen LogP contribution < -0.4 is 31.9 Å². The summed E-state index contributed by atoms with van der Waals surface area (Å²) in [7, 11) is 0. The molecule has 0 radical (unpaired) electrons. The molecule has 9 N–H and O–H groups in total. The van der Waals surface area contributed by atoms with Crippen LogP contribution in [-0.2, 0) is 54.4 Å². The highest BCUT2D eigenvalue weighted by Gasteiger charge is 2.42. The molecule has 8 unspecified atom stereocenters. The molecule has 358 valence electrons. The number of aliphatic carboxylic acids is 2. The van der Waals surface area contributed by atoms with Crippen molar-refractivity contribution in [1.29, 1.82) is 0 Å². The number of likely N-dealkylation sites (tertiary alicyclic amines) is 2. The fourth-order valence-corrected chi connectivity index (χ4v) is 7.82. The van der Waals surface area contributed by atoms with E-state index in [2.05, 4.69) is 38.5 Å². The van der Waals surface area contributed by atoms with E-state index < -0.39 is 133 Å². The lowest BCUT2D eigenvalue weighted by Crippen LogP contribution is -2.61. The molecule has 65 heavy (non-hydrogen) atoms. The molecule has 2 heterocycles. The number of rotatable bonds is 25. The normalized spacial score (nSPS) is 18.5. The summed E-state index contributed by atoms with van der Waals surface area (Å²) in [5.41, 5.74) is 0.763. The van der Waals surface area contributed by atoms with Crippen molar-refractivity contribution in [1.82, 2.24) is 41.7 Å². The monoisotopic (exact) mass is 912 g/mol. The van der Waals surface area contributed by atoms with Crippen LogP contribution in [0.15, 0.2) is 43.0 Å². The Morgan fingerprint density at radius 3 is 1.74 bits per heavy atom. The lowest BCUT2D eigenvalue weighted by atomic mass is 10.00. The molecule has 21 heteroatoms. The van der Waals surface area contributed by atoms with Crippen molar-refractivity contribution in [3.8, 4) is 0 Å². The maximum absolute atomic E-state index is 14.2. The van der Waals surface area contributed by atoms with Crippen LogP contribution >= 0.6 is 0 Å². The Balaban J connectivity index is 1.81. The van der Waals surface area contributed by atoms with E-state index in [1.807, 2.05) is 13.8 Å². The molecule has 2 aliphatic rings. The molecule has 2 aliphatic heterocycles. The largest absolute Gasteiger partial charge is 0.481 e. The molecule has 0 aliphatic carbocycles. The summed E-state index contributed by atoms with van der Waals surface area (Å²) in [5.74, 6) is -8.63. The number of nitrogens with one attached hydrogen (secondary N) is 6. The number of carboxylic acids is 2. The predicted octanol–water partition coefficient (Wildman–Crippen LogP) is -0.886. The quantitative estimate of drug-likeness (QED) is 0.0539. The highest BCUT2D eigenvalue weighted by molar-refractivity contribution is 5.98. The van der Waals surface area contributed by atoms with Crippen LogP contribution in [0.3, 0.4) is 0 Å². The summed E-state index contributed by atoms with van der Waals surface area (Å²) in [6.07, 6.45) is -0.679. The number of benzene rings is 1. The summed E-state index contributed by atoms with van der Waals surface area (Å²) in [6, 6.07) is -0.158. The first-order chi connectivity index (χ1) is 30.7. The first-order valence-electron chi connectivity index (χ1n) is 21.9. The second-order valence-corrected chi connectivity index (χ2v) is 16.8. The third-order valence-corrected chi connectivity index (χ3v) is 11.0. The van der Waals surface area contributed by atoms with Crippen molar-refractivity contribution < 1.29 is 63.3 Å². The first kappa shape index (κ1) is 53.0. The van der Waals surface area contributed by atoms with E-state index >= 15 is 0 Å². The Labute approximate surface area is 377 Å². The van der Waals surface area contributed by atoms with Gasteiger partial charge in [0.15, 0.2) is 0 Å². The number of carbonyl (C=O) groups is 10. The smallest absolute Gasteiger partial charge is 0.303 e. The average Bonchev–Trinajstić information content (AvgIpc) is 3.95. The second kappa shape index (κ2) is 25.8.